The largest absolute Gasteiger partial charge is 0.491 e. The lowest BCUT2D eigenvalue weighted by atomic mass is 9.91. The van der Waals surface area contributed by atoms with E-state index in [-0.39, 0.29) is 12.1 Å². The van der Waals surface area contributed by atoms with Gasteiger partial charge in [0.1, 0.15) is 5.75 Å². The maximum Gasteiger partial charge on any atom is 0.119 e. The Morgan fingerprint density at radius 2 is 1.89 bits per heavy atom. The van der Waals surface area contributed by atoms with Crippen LogP contribution in [-0.2, 0) is 0 Å². The van der Waals surface area contributed by atoms with Crippen molar-refractivity contribution in [3.05, 3.63) is 29.8 Å². The van der Waals surface area contributed by atoms with Crippen molar-refractivity contribution >= 4 is 0 Å². The minimum atomic E-state index is 0.185. The molecule has 1 fully saturated rings. The molecule has 3 atom stereocenters. The van der Waals surface area contributed by atoms with Crippen LogP contribution in [0.25, 0.3) is 0 Å². The monoisotopic (exact) mass is 261 g/mol. The van der Waals surface area contributed by atoms with E-state index in [1.54, 1.807) is 0 Å². The molecule has 1 aromatic rings. The van der Waals surface area contributed by atoms with Crippen LogP contribution in [0, 0.1) is 11.8 Å². The number of ether oxygens (including phenoxy) is 1. The van der Waals surface area contributed by atoms with Gasteiger partial charge in [0.15, 0.2) is 0 Å². The first kappa shape index (κ1) is 14.4. The Morgan fingerprint density at radius 3 is 2.42 bits per heavy atom. The third-order valence-electron chi connectivity index (χ3n) is 4.30. The van der Waals surface area contributed by atoms with Crippen LogP contribution in [0.5, 0.6) is 5.75 Å². The molecular weight excluding hydrogens is 234 g/mol. The average molecular weight is 261 g/mol. The number of hydrogen-bond donors (Lipinski definition) is 1. The fourth-order valence-corrected chi connectivity index (χ4v) is 3.12. The number of hydrogen-bond acceptors (Lipinski definition) is 2. The van der Waals surface area contributed by atoms with Gasteiger partial charge < -0.3 is 10.5 Å². The van der Waals surface area contributed by atoms with E-state index in [0.29, 0.717) is 5.92 Å². The number of benzene rings is 1. The van der Waals surface area contributed by atoms with Gasteiger partial charge in [-0.1, -0.05) is 31.9 Å². The molecule has 0 bridgehead atoms. The summed E-state index contributed by atoms with van der Waals surface area (Å²) >= 11 is 0. The molecule has 2 N–H and O–H groups in total. The topological polar surface area (TPSA) is 35.2 Å². The zero-order valence-corrected chi connectivity index (χ0v) is 12.4. The van der Waals surface area contributed by atoms with Gasteiger partial charge in [-0.3, -0.25) is 0 Å². The number of rotatable bonds is 5. The lowest BCUT2D eigenvalue weighted by Crippen LogP contribution is -2.19. The Hall–Kier alpha value is -1.02. The summed E-state index contributed by atoms with van der Waals surface area (Å²) in [4.78, 5) is 0. The second-order valence-corrected chi connectivity index (χ2v) is 6.11. The predicted molar refractivity (Wildman–Crippen MR) is 80.3 cm³/mol. The summed E-state index contributed by atoms with van der Waals surface area (Å²) in [6, 6.07) is 8.52. The molecule has 106 valence electrons. The van der Waals surface area contributed by atoms with Crippen LogP contribution in [0.4, 0.5) is 0 Å². The van der Waals surface area contributed by atoms with Gasteiger partial charge in [-0.25, -0.2) is 0 Å². The molecule has 1 aliphatic carbocycles. The first-order chi connectivity index (χ1) is 9.10. The Kier molecular flexibility index (Phi) is 4.87. The molecule has 2 heteroatoms. The third kappa shape index (κ3) is 3.73. The van der Waals surface area contributed by atoms with Crippen molar-refractivity contribution in [2.75, 3.05) is 0 Å². The van der Waals surface area contributed by atoms with Gasteiger partial charge in [-0.2, -0.15) is 0 Å². The molecule has 0 radical (unpaired) electrons. The molecule has 1 aromatic carbocycles. The zero-order chi connectivity index (χ0) is 13.8. The molecule has 0 aromatic heterocycles. The molecular formula is C17H27NO. The highest BCUT2D eigenvalue weighted by molar-refractivity contribution is 5.29. The van der Waals surface area contributed by atoms with Crippen LogP contribution >= 0.6 is 0 Å². The fraction of sp³-hybridized carbons (Fsp3) is 0.647. The minimum absolute atomic E-state index is 0.185. The van der Waals surface area contributed by atoms with Crippen LogP contribution in [0.15, 0.2) is 24.3 Å². The SMILES string of the molecule is CCC1CCC(C(N)c2ccc(OC(C)C)cc2)C1. The minimum Gasteiger partial charge on any atom is -0.491 e. The predicted octanol–water partition coefficient (Wildman–Crippen LogP) is 4.30. The molecule has 0 saturated heterocycles. The molecule has 1 aliphatic rings. The zero-order valence-electron chi connectivity index (χ0n) is 12.4. The summed E-state index contributed by atoms with van der Waals surface area (Å²) in [7, 11) is 0. The van der Waals surface area contributed by atoms with Crippen molar-refractivity contribution in [2.24, 2.45) is 17.6 Å². The van der Waals surface area contributed by atoms with E-state index < -0.39 is 0 Å². The summed E-state index contributed by atoms with van der Waals surface area (Å²) < 4.78 is 5.67. The molecule has 19 heavy (non-hydrogen) atoms. The molecule has 1 saturated carbocycles. The van der Waals surface area contributed by atoms with E-state index in [4.69, 9.17) is 10.5 Å². The highest BCUT2D eigenvalue weighted by Crippen LogP contribution is 2.39. The quantitative estimate of drug-likeness (QED) is 0.857. The molecule has 2 nitrogen and oxygen atoms in total. The van der Waals surface area contributed by atoms with Gasteiger partial charge >= 0.3 is 0 Å². The maximum atomic E-state index is 6.43. The second kappa shape index (κ2) is 6.42. The molecule has 0 amide bonds. The van der Waals surface area contributed by atoms with Crippen LogP contribution in [0.2, 0.25) is 0 Å². The van der Waals surface area contributed by atoms with E-state index in [9.17, 15) is 0 Å². The first-order valence-electron chi connectivity index (χ1n) is 7.62. The summed E-state index contributed by atoms with van der Waals surface area (Å²) in [5.74, 6) is 2.48. The second-order valence-electron chi connectivity index (χ2n) is 6.11. The summed E-state index contributed by atoms with van der Waals surface area (Å²) in [5, 5.41) is 0. The molecule has 0 aliphatic heterocycles. The van der Waals surface area contributed by atoms with Gasteiger partial charge in [0.25, 0.3) is 0 Å². The van der Waals surface area contributed by atoms with Crippen molar-refractivity contribution in [2.45, 2.75) is 58.6 Å². The van der Waals surface area contributed by atoms with E-state index >= 15 is 0 Å². The van der Waals surface area contributed by atoms with Gasteiger partial charge in [-0.15, -0.1) is 0 Å². The Bertz CT molecular complexity index is 385. The molecule has 0 heterocycles. The van der Waals surface area contributed by atoms with Gasteiger partial charge in [0.05, 0.1) is 6.10 Å². The van der Waals surface area contributed by atoms with Crippen molar-refractivity contribution < 1.29 is 4.74 Å². The maximum absolute atomic E-state index is 6.43. The van der Waals surface area contributed by atoms with Crippen LogP contribution in [0.1, 0.15) is 58.1 Å². The van der Waals surface area contributed by atoms with Crippen molar-refractivity contribution in [1.82, 2.24) is 0 Å². The lowest BCUT2D eigenvalue weighted by molar-refractivity contribution is 0.242. The smallest absolute Gasteiger partial charge is 0.119 e. The van der Waals surface area contributed by atoms with Crippen molar-refractivity contribution in [1.29, 1.82) is 0 Å². The Morgan fingerprint density at radius 1 is 1.21 bits per heavy atom. The summed E-state index contributed by atoms with van der Waals surface area (Å²) in [5.41, 5.74) is 7.68. The van der Waals surface area contributed by atoms with Gasteiger partial charge in [-0.05, 0) is 56.2 Å². The third-order valence-corrected chi connectivity index (χ3v) is 4.30. The van der Waals surface area contributed by atoms with E-state index in [1.165, 1.54) is 31.2 Å². The molecule has 2 rings (SSSR count). The van der Waals surface area contributed by atoms with Crippen molar-refractivity contribution in [3.8, 4) is 5.75 Å². The lowest BCUT2D eigenvalue weighted by Gasteiger charge is -2.20. The van der Waals surface area contributed by atoms with Gasteiger partial charge in [0, 0.05) is 6.04 Å². The number of nitrogens with two attached hydrogens (primary N) is 1. The Labute approximate surface area is 117 Å². The normalized spacial score (nSPS) is 24.7. The highest BCUT2D eigenvalue weighted by Gasteiger charge is 2.28. The van der Waals surface area contributed by atoms with E-state index in [1.807, 2.05) is 26.0 Å². The first-order valence-corrected chi connectivity index (χ1v) is 7.62. The van der Waals surface area contributed by atoms with E-state index in [2.05, 4.69) is 19.1 Å². The highest BCUT2D eigenvalue weighted by atomic mass is 16.5. The van der Waals surface area contributed by atoms with E-state index in [0.717, 1.165) is 11.7 Å². The Balaban J connectivity index is 1.97. The average Bonchev–Trinajstić information content (AvgIpc) is 2.87. The molecule has 3 unspecified atom stereocenters. The standard InChI is InChI=1S/C17H27NO/c1-4-13-5-6-15(11-13)17(18)14-7-9-16(10-8-14)19-12(2)3/h7-10,12-13,15,17H,4-6,11,18H2,1-3H3. The summed E-state index contributed by atoms with van der Waals surface area (Å²) in [6.07, 6.45) is 5.44. The summed E-state index contributed by atoms with van der Waals surface area (Å²) in [6.45, 7) is 6.38. The van der Waals surface area contributed by atoms with Crippen LogP contribution in [-0.4, -0.2) is 6.10 Å². The molecule has 0 spiro atoms. The fourth-order valence-electron chi connectivity index (χ4n) is 3.12. The van der Waals surface area contributed by atoms with Crippen LogP contribution < -0.4 is 10.5 Å². The van der Waals surface area contributed by atoms with Crippen molar-refractivity contribution in [3.63, 3.8) is 0 Å². The van der Waals surface area contributed by atoms with Crippen LogP contribution in [0.3, 0.4) is 0 Å². The van der Waals surface area contributed by atoms with Gasteiger partial charge in [0.2, 0.25) is 0 Å².